The van der Waals surface area contributed by atoms with Gasteiger partial charge in [0.1, 0.15) is 12.1 Å². The largest absolute Gasteiger partial charge is 0.454 e. The van der Waals surface area contributed by atoms with E-state index in [2.05, 4.69) is 0 Å². The second-order valence-corrected chi connectivity index (χ2v) is 6.60. The van der Waals surface area contributed by atoms with E-state index in [0.29, 0.717) is 10.6 Å². The molecule has 3 amide bonds. The van der Waals surface area contributed by atoms with Crippen LogP contribution in [0.15, 0.2) is 48.5 Å². The fraction of sp³-hybridized carbons (Fsp3) is 0.190. The zero-order valence-corrected chi connectivity index (χ0v) is 16.6. The molecule has 162 valence electrons. The van der Waals surface area contributed by atoms with Gasteiger partial charge in [-0.25, -0.2) is 0 Å². The van der Waals surface area contributed by atoms with Gasteiger partial charge in [-0.15, -0.1) is 0 Å². The third-order valence-electron chi connectivity index (χ3n) is 4.63. The van der Waals surface area contributed by atoms with Crippen LogP contribution in [0.25, 0.3) is 0 Å². The van der Waals surface area contributed by atoms with E-state index in [9.17, 15) is 29.3 Å². The minimum Gasteiger partial charge on any atom is -0.454 e. The monoisotopic (exact) mass is 436 g/mol. The standard InChI is InChI=1S/C21H16N4O7/c22-10-5-11-23(14-6-2-1-3-7-14)17(26)13-32-18(27)12-24-20(28)15-8-4-9-16(25(30)31)19(15)21(24)29/h1-4,6-9H,5,11-13H2. The first-order valence-corrected chi connectivity index (χ1v) is 9.36. The number of amides is 3. The van der Waals surface area contributed by atoms with Crippen molar-refractivity contribution in [2.24, 2.45) is 0 Å². The molecular weight excluding hydrogens is 420 g/mol. The summed E-state index contributed by atoms with van der Waals surface area (Å²) in [7, 11) is 0. The number of carbonyl (C=O) groups excluding carboxylic acids is 4. The Morgan fingerprint density at radius 2 is 1.81 bits per heavy atom. The van der Waals surface area contributed by atoms with E-state index < -0.39 is 53.0 Å². The third kappa shape index (κ3) is 4.44. The Balaban J connectivity index is 1.66. The number of esters is 1. The number of ether oxygens (including phenoxy) is 1. The Morgan fingerprint density at radius 3 is 2.47 bits per heavy atom. The third-order valence-corrected chi connectivity index (χ3v) is 4.63. The van der Waals surface area contributed by atoms with E-state index in [0.717, 1.165) is 6.07 Å². The Hall–Kier alpha value is -4.59. The first kappa shape index (κ1) is 22.1. The van der Waals surface area contributed by atoms with Crippen molar-refractivity contribution in [3.05, 3.63) is 69.8 Å². The summed E-state index contributed by atoms with van der Waals surface area (Å²) < 4.78 is 4.93. The predicted octanol–water partition coefficient (Wildman–Crippen LogP) is 1.68. The Kier molecular flexibility index (Phi) is 6.55. The van der Waals surface area contributed by atoms with Crippen LogP contribution in [-0.4, -0.2) is 53.2 Å². The van der Waals surface area contributed by atoms with E-state index in [1.54, 1.807) is 30.3 Å². The lowest BCUT2D eigenvalue weighted by atomic mass is 10.1. The highest BCUT2D eigenvalue weighted by Gasteiger charge is 2.42. The lowest BCUT2D eigenvalue weighted by molar-refractivity contribution is -0.385. The number of para-hydroxylation sites is 1. The molecule has 1 heterocycles. The normalized spacial score (nSPS) is 12.2. The van der Waals surface area contributed by atoms with Crippen LogP contribution < -0.4 is 4.90 Å². The molecule has 0 bridgehead atoms. The molecule has 0 saturated heterocycles. The van der Waals surface area contributed by atoms with Crippen LogP contribution in [0.5, 0.6) is 0 Å². The zero-order valence-electron chi connectivity index (χ0n) is 16.6. The van der Waals surface area contributed by atoms with Crippen LogP contribution in [0, 0.1) is 21.4 Å². The molecule has 2 aromatic carbocycles. The van der Waals surface area contributed by atoms with Crippen LogP contribution in [-0.2, 0) is 14.3 Å². The van der Waals surface area contributed by atoms with Crippen molar-refractivity contribution >= 4 is 35.1 Å². The molecular formula is C21H16N4O7. The molecule has 0 aliphatic carbocycles. The van der Waals surface area contributed by atoms with Gasteiger partial charge < -0.3 is 9.64 Å². The maximum atomic E-state index is 12.5. The molecule has 11 heteroatoms. The maximum absolute atomic E-state index is 12.5. The van der Waals surface area contributed by atoms with Gasteiger partial charge in [0.05, 0.1) is 23.0 Å². The second-order valence-electron chi connectivity index (χ2n) is 6.60. The number of nitriles is 1. The number of nitro benzene ring substituents is 1. The van der Waals surface area contributed by atoms with E-state index in [-0.39, 0.29) is 18.5 Å². The van der Waals surface area contributed by atoms with Gasteiger partial charge in [-0.05, 0) is 18.2 Å². The van der Waals surface area contributed by atoms with Crippen LogP contribution in [0.3, 0.4) is 0 Å². The molecule has 0 fully saturated rings. The number of nitrogens with zero attached hydrogens (tertiary/aromatic N) is 4. The molecule has 0 N–H and O–H groups in total. The summed E-state index contributed by atoms with van der Waals surface area (Å²) in [5.74, 6) is -3.49. The number of imide groups is 1. The summed E-state index contributed by atoms with van der Waals surface area (Å²) in [4.78, 5) is 61.9. The molecule has 0 unspecified atom stereocenters. The van der Waals surface area contributed by atoms with E-state index in [1.165, 1.54) is 17.0 Å². The Bertz CT molecular complexity index is 1140. The highest BCUT2D eigenvalue weighted by Crippen LogP contribution is 2.30. The Labute approximate surface area is 181 Å². The number of hydrogen-bond acceptors (Lipinski definition) is 8. The summed E-state index contributed by atoms with van der Waals surface area (Å²) in [5.41, 5.74) is -0.600. The number of anilines is 1. The minimum absolute atomic E-state index is 0.0579. The van der Waals surface area contributed by atoms with Crippen LogP contribution in [0.2, 0.25) is 0 Å². The molecule has 1 aliphatic rings. The van der Waals surface area contributed by atoms with Gasteiger partial charge in [-0.1, -0.05) is 24.3 Å². The molecule has 0 radical (unpaired) electrons. The average Bonchev–Trinajstić information content (AvgIpc) is 3.03. The zero-order chi connectivity index (χ0) is 23.3. The smallest absolute Gasteiger partial charge is 0.326 e. The van der Waals surface area contributed by atoms with Crippen LogP contribution in [0.4, 0.5) is 11.4 Å². The highest BCUT2D eigenvalue weighted by molar-refractivity contribution is 6.24. The lowest BCUT2D eigenvalue weighted by Gasteiger charge is -2.21. The van der Waals surface area contributed by atoms with E-state index in [1.807, 2.05) is 6.07 Å². The van der Waals surface area contributed by atoms with Crippen molar-refractivity contribution in [2.75, 3.05) is 24.6 Å². The van der Waals surface area contributed by atoms with Gasteiger partial charge in [0, 0.05) is 18.3 Å². The van der Waals surface area contributed by atoms with Gasteiger partial charge in [0.15, 0.2) is 6.61 Å². The number of hydrogen-bond donors (Lipinski definition) is 0. The van der Waals surface area contributed by atoms with Gasteiger partial charge >= 0.3 is 5.97 Å². The van der Waals surface area contributed by atoms with E-state index in [4.69, 9.17) is 10.00 Å². The molecule has 0 saturated carbocycles. The summed E-state index contributed by atoms with van der Waals surface area (Å²) in [6.45, 7) is -1.40. The second kappa shape index (κ2) is 9.48. The van der Waals surface area contributed by atoms with E-state index >= 15 is 0 Å². The fourth-order valence-electron chi connectivity index (χ4n) is 3.17. The van der Waals surface area contributed by atoms with Crippen molar-refractivity contribution in [3.63, 3.8) is 0 Å². The van der Waals surface area contributed by atoms with Gasteiger partial charge in [-0.3, -0.25) is 34.2 Å². The topological polar surface area (TPSA) is 151 Å². The average molecular weight is 436 g/mol. The summed E-state index contributed by atoms with van der Waals surface area (Å²) in [6.07, 6.45) is 0.0579. The minimum atomic E-state index is -1.04. The van der Waals surface area contributed by atoms with Crippen molar-refractivity contribution in [2.45, 2.75) is 6.42 Å². The summed E-state index contributed by atoms with van der Waals surface area (Å²) in [6, 6.07) is 14.0. The molecule has 0 atom stereocenters. The fourth-order valence-corrected chi connectivity index (χ4v) is 3.17. The molecule has 2 aromatic rings. The SMILES string of the molecule is N#CCCN(C(=O)COC(=O)CN1C(=O)c2cccc([N+](=O)[O-])c2C1=O)c1ccccc1. The lowest BCUT2D eigenvalue weighted by Crippen LogP contribution is -2.39. The van der Waals surface area contributed by atoms with Crippen molar-refractivity contribution in [1.29, 1.82) is 5.26 Å². The molecule has 0 aromatic heterocycles. The maximum Gasteiger partial charge on any atom is 0.326 e. The number of fused-ring (bicyclic) bond motifs is 1. The number of rotatable bonds is 8. The van der Waals surface area contributed by atoms with Crippen LogP contribution >= 0.6 is 0 Å². The summed E-state index contributed by atoms with van der Waals surface area (Å²) >= 11 is 0. The molecule has 1 aliphatic heterocycles. The quantitative estimate of drug-likeness (QED) is 0.262. The highest BCUT2D eigenvalue weighted by atomic mass is 16.6. The molecule has 11 nitrogen and oxygen atoms in total. The van der Waals surface area contributed by atoms with Gasteiger partial charge in [0.2, 0.25) is 0 Å². The predicted molar refractivity (Wildman–Crippen MR) is 108 cm³/mol. The number of carbonyl (C=O) groups is 4. The first-order chi connectivity index (χ1) is 15.3. The van der Waals surface area contributed by atoms with Gasteiger partial charge in [0.25, 0.3) is 23.4 Å². The number of benzene rings is 2. The van der Waals surface area contributed by atoms with Crippen molar-refractivity contribution in [3.8, 4) is 6.07 Å². The molecule has 0 spiro atoms. The van der Waals surface area contributed by atoms with Crippen molar-refractivity contribution < 1.29 is 28.8 Å². The Morgan fingerprint density at radius 1 is 1.09 bits per heavy atom. The first-order valence-electron chi connectivity index (χ1n) is 9.36. The van der Waals surface area contributed by atoms with Crippen molar-refractivity contribution in [1.82, 2.24) is 4.90 Å². The van der Waals surface area contributed by atoms with Gasteiger partial charge in [-0.2, -0.15) is 5.26 Å². The molecule has 3 rings (SSSR count). The molecule has 32 heavy (non-hydrogen) atoms. The number of nitro groups is 1. The van der Waals surface area contributed by atoms with Crippen LogP contribution in [0.1, 0.15) is 27.1 Å². The summed E-state index contributed by atoms with van der Waals surface area (Å²) in [5, 5.41) is 20.0.